The maximum absolute atomic E-state index is 10.9. The van der Waals surface area contributed by atoms with Gasteiger partial charge < -0.3 is 10.5 Å². The Morgan fingerprint density at radius 3 is 2.90 bits per heavy atom. The number of aromatic nitrogens is 2. The number of ether oxygens (including phenoxy) is 1. The third-order valence-electron chi connectivity index (χ3n) is 3.50. The molecule has 2 atom stereocenters. The van der Waals surface area contributed by atoms with Crippen molar-refractivity contribution in [2.45, 2.75) is 31.4 Å². The smallest absolute Gasteiger partial charge is 0.270 e. The Morgan fingerprint density at radius 1 is 1.35 bits per heavy atom. The van der Waals surface area contributed by atoms with Crippen molar-refractivity contribution in [3.8, 4) is 5.88 Å². The lowest BCUT2D eigenvalue weighted by Gasteiger charge is -2.13. The second-order valence-electron chi connectivity index (χ2n) is 4.95. The normalized spacial score (nSPS) is 22.1. The minimum Gasteiger partial charge on any atom is -0.474 e. The Kier molecular flexibility index (Phi) is 3.19. The zero-order chi connectivity index (χ0) is 14.1. The highest BCUT2D eigenvalue weighted by atomic mass is 16.6. The van der Waals surface area contributed by atoms with Crippen LogP contribution in [0.2, 0.25) is 0 Å². The summed E-state index contributed by atoms with van der Waals surface area (Å²) in [4.78, 5) is 18.6. The first kappa shape index (κ1) is 12.7. The minimum absolute atomic E-state index is 0.000253. The number of rotatable bonds is 3. The molecule has 1 aromatic carbocycles. The third kappa shape index (κ3) is 2.39. The van der Waals surface area contributed by atoms with Gasteiger partial charge in [-0.2, -0.15) is 0 Å². The van der Waals surface area contributed by atoms with Gasteiger partial charge in [0.2, 0.25) is 5.88 Å². The van der Waals surface area contributed by atoms with E-state index in [1.165, 1.54) is 18.5 Å². The van der Waals surface area contributed by atoms with Gasteiger partial charge in [-0.05, 0) is 25.3 Å². The molecule has 104 valence electrons. The number of hydrogen-bond donors (Lipinski definition) is 1. The number of benzene rings is 1. The predicted molar refractivity (Wildman–Crippen MR) is 72.4 cm³/mol. The van der Waals surface area contributed by atoms with Gasteiger partial charge in [0, 0.05) is 18.2 Å². The van der Waals surface area contributed by atoms with Gasteiger partial charge in [-0.3, -0.25) is 10.1 Å². The fourth-order valence-electron chi connectivity index (χ4n) is 2.47. The van der Waals surface area contributed by atoms with Gasteiger partial charge in [-0.15, -0.1) is 0 Å². The minimum atomic E-state index is -0.443. The molecule has 1 aliphatic rings. The lowest BCUT2D eigenvalue weighted by atomic mass is 10.2. The molecule has 7 heteroatoms. The van der Waals surface area contributed by atoms with E-state index < -0.39 is 4.92 Å². The Bertz CT molecular complexity index is 661. The first-order valence-corrected chi connectivity index (χ1v) is 6.45. The second-order valence-corrected chi connectivity index (χ2v) is 4.95. The van der Waals surface area contributed by atoms with Gasteiger partial charge in [0.05, 0.1) is 15.8 Å². The highest BCUT2D eigenvalue weighted by molar-refractivity contribution is 5.85. The first-order valence-electron chi connectivity index (χ1n) is 6.45. The van der Waals surface area contributed by atoms with E-state index in [0.717, 1.165) is 19.3 Å². The third-order valence-corrected chi connectivity index (χ3v) is 3.50. The monoisotopic (exact) mass is 274 g/mol. The molecule has 0 amide bonds. The summed E-state index contributed by atoms with van der Waals surface area (Å²) in [5.41, 5.74) is 6.48. The molecule has 2 N–H and O–H groups in total. The fraction of sp³-hybridized carbons (Fsp3) is 0.385. The summed E-state index contributed by atoms with van der Waals surface area (Å²) in [5.74, 6) is 0.387. The van der Waals surface area contributed by atoms with Crippen molar-refractivity contribution in [1.82, 2.24) is 9.97 Å². The molecule has 1 fully saturated rings. The molecule has 1 saturated carbocycles. The Balaban J connectivity index is 1.97. The van der Waals surface area contributed by atoms with Crippen LogP contribution in [0.25, 0.3) is 10.9 Å². The summed E-state index contributed by atoms with van der Waals surface area (Å²) >= 11 is 0. The first-order chi connectivity index (χ1) is 9.63. The van der Waals surface area contributed by atoms with Crippen LogP contribution < -0.4 is 10.5 Å². The molecule has 2 aromatic rings. The van der Waals surface area contributed by atoms with E-state index in [9.17, 15) is 10.1 Å². The Labute approximate surface area is 114 Å². The van der Waals surface area contributed by atoms with Crippen LogP contribution in [0.15, 0.2) is 24.5 Å². The van der Waals surface area contributed by atoms with Crippen LogP contribution in [-0.2, 0) is 0 Å². The number of hydrogen-bond acceptors (Lipinski definition) is 6. The van der Waals surface area contributed by atoms with Crippen molar-refractivity contribution in [3.63, 3.8) is 0 Å². The molecular formula is C13H14N4O3. The quantitative estimate of drug-likeness (QED) is 0.676. The molecule has 1 aliphatic carbocycles. The van der Waals surface area contributed by atoms with E-state index in [1.807, 2.05) is 0 Å². The second kappa shape index (κ2) is 5.01. The number of nitro groups is 1. The molecule has 3 rings (SSSR count). The topological polar surface area (TPSA) is 104 Å². The van der Waals surface area contributed by atoms with Gasteiger partial charge in [0.1, 0.15) is 12.4 Å². The van der Waals surface area contributed by atoms with E-state index in [1.54, 1.807) is 6.07 Å². The summed E-state index contributed by atoms with van der Waals surface area (Å²) in [7, 11) is 0. The zero-order valence-electron chi connectivity index (χ0n) is 10.7. The van der Waals surface area contributed by atoms with Gasteiger partial charge in [0.25, 0.3) is 5.69 Å². The number of fused-ring (bicyclic) bond motifs is 1. The Hall–Kier alpha value is -2.28. The molecule has 1 heterocycles. The maximum atomic E-state index is 10.9. The molecule has 0 radical (unpaired) electrons. The van der Waals surface area contributed by atoms with Crippen molar-refractivity contribution in [1.29, 1.82) is 0 Å². The van der Waals surface area contributed by atoms with Crippen LogP contribution in [0.1, 0.15) is 19.3 Å². The van der Waals surface area contributed by atoms with E-state index >= 15 is 0 Å². The van der Waals surface area contributed by atoms with Crippen molar-refractivity contribution < 1.29 is 9.66 Å². The van der Waals surface area contributed by atoms with Gasteiger partial charge >= 0.3 is 0 Å². The molecule has 0 saturated heterocycles. The number of nitrogens with zero attached hydrogens (tertiary/aromatic N) is 3. The van der Waals surface area contributed by atoms with Gasteiger partial charge in [-0.25, -0.2) is 9.97 Å². The average molecular weight is 274 g/mol. The lowest BCUT2D eigenvalue weighted by molar-refractivity contribution is -0.384. The lowest BCUT2D eigenvalue weighted by Crippen LogP contribution is -2.19. The zero-order valence-corrected chi connectivity index (χ0v) is 10.7. The standard InChI is InChI=1S/C13H14N4O3/c14-8-1-3-10(5-8)20-13-11-6-9(17(18)19)2-4-12(11)15-7-16-13/h2,4,6-8,10H,1,3,5,14H2. The predicted octanol–water partition coefficient (Wildman–Crippen LogP) is 1.80. The summed E-state index contributed by atoms with van der Waals surface area (Å²) in [6, 6.07) is 4.62. The summed E-state index contributed by atoms with van der Waals surface area (Å²) in [6.45, 7) is 0. The molecular weight excluding hydrogens is 260 g/mol. The van der Waals surface area contributed by atoms with Crippen LogP contribution in [0.5, 0.6) is 5.88 Å². The van der Waals surface area contributed by atoms with E-state index in [-0.39, 0.29) is 17.8 Å². The Morgan fingerprint density at radius 2 is 2.20 bits per heavy atom. The average Bonchev–Trinajstić information content (AvgIpc) is 2.84. The van der Waals surface area contributed by atoms with Crippen LogP contribution in [0.4, 0.5) is 5.69 Å². The molecule has 20 heavy (non-hydrogen) atoms. The molecule has 0 spiro atoms. The molecule has 2 unspecified atom stereocenters. The van der Waals surface area contributed by atoms with Gasteiger partial charge in [-0.1, -0.05) is 0 Å². The highest BCUT2D eigenvalue weighted by Crippen LogP contribution is 2.29. The van der Waals surface area contributed by atoms with Crippen molar-refractivity contribution in [2.75, 3.05) is 0 Å². The van der Waals surface area contributed by atoms with E-state index in [0.29, 0.717) is 16.8 Å². The SMILES string of the molecule is NC1CCC(Oc2ncnc3ccc([N+](=O)[O-])cc23)C1. The van der Waals surface area contributed by atoms with E-state index in [4.69, 9.17) is 10.5 Å². The number of nitro benzene ring substituents is 1. The summed E-state index contributed by atoms with van der Waals surface area (Å²) in [5, 5.41) is 11.4. The van der Waals surface area contributed by atoms with Crippen LogP contribution >= 0.6 is 0 Å². The van der Waals surface area contributed by atoms with Crippen molar-refractivity contribution >= 4 is 16.6 Å². The van der Waals surface area contributed by atoms with Crippen molar-refractivity contribution in [2.24, 2.45) is 5.73 Å². The van der Waals surface area contributed by atoms with E-state index in [2.05, 4.69) is 9.97 Å². The number of nitrogens with two attached hydrogens (primary N) is 1. The largest absolute Gasteiger partial charge is 0.474 e. The molecule has 0 bridgehead atoms. The molecule has 7 nitrogen and oxygen atoms in total. The fourth-order valence-corrected chi connectivity index (χ4v) is 2.47. The molecule has 0 aliphatic heterocycles. The number of non-ortho nitro benzene ring substituents is 1. The van der Waals surface area contributed by atoms with Crippen LogP contribution in [-0.4, -0.2) is 27.0 Å². The van der Waals surface area contributed by atoms with Crippen molar-refractivity contribution in [3.05, 3.63) is 34.6 Å². The maximum Gasteiger partial charge on any atom is 0.270 e. The summed E-state index contributed by atoms with van der Waals surface area (Å²) < 4.78 is 5.84. The van der Waals surface area contributed by atoms with Crippen LogP contribution in [0.3, 0.4) is 0 Å². The van der Waals surface area contributed by atoms with Crippen LogP contribution in [0, 0.1) is 10.1 Å². The summed E-state index contributed by atoms with van der Waals surface area (Å²) in [6.07, 6.45) is 4.00. The van der Waals surface area contributed by atoms with Gasteiger partial charge in [0.15, 0.2) is 0 Å². The highest BCUT2D eigenvalue weighted by Gasteiger charge is 2.24. The molecule has 1 aromatic heterocycles.